The van der Waals surface area contributed by atoms with Crippen LogP contribution in [0, 0.1) is 0 Å². The maximum Gasteiger partial charge on any atom is 0.355 e. The molecule has 6 aromatic rings. The molecule has 60 heavy (non-hydrogen) atoms. The van der Waals surface area contributed by atoms with Crippen LogP contribution in [0.2, 0.25) is 0 Å². The summed E-state index contributed by atoms with van der Waals surface area (Å²) < 4.78 is 56.6. The quantitative estimate of drug-likeness (QED) is 0.0690. The zero-order chi connectivity index (χ0) is 41.8. The lowest BCUT2D eigenvalue weighted by Crippen LogP contribution is -2.51. The van der Waals surface area contributed by atoms with Gasteiger partial charge in [0.05, 0.1) is 37.6 Å². The van der Waals surface area contributed by atoms with Crippen LogP contribution in [-0.4, -0.2) is 97.4 Å². The third kappa shape index (κ3) is 8.24. The van der Waals surface area contributed by atoms with E-state index < -0.39 is 10.2 Å². The van der Waals surface area contributed by atoms with Gasteiger partial charge < -0.3 is 28.4 Å². The molecule has 0 aliphatic carbocycles. The third-order valence-corrected chi connectivity index (χ3v) is 13.2. The molecule has 0 bridgehead atoms. The Labute approximate surface area is 351 Å². The van der Waals surface area contributed by atoms with E-state index in [4.69, 9.17) is 24.0 Å². The maximum atomic E-state index is 14.0. The number of para-hydroxylation sites is 1. The molecule has 1 saturated heterocycles. The van der Waals surface area contributed by atoms with Gasteiger partial charge >= 0.3 is 5.97 Å². The minimum Gasteiger partial charge on any atom is -0.493 e. The molecule has 8 rings (SSSR count). The van der Waals surface area contributed by atoms with Crippen molar-refractivity contribution in [1.29, 1.82) is 0 Å². The smallest absolute Gasteiger partial charge is 0.355 e. The van der Waals surface area contributed by atoms with E-state index in [1.54, 1.807) is 14.1 Å². The van der Waals surface area contributed by atoms with E-state index in [0.717, 1.165) is 61.2 Å². The zero-order valence-electron chi connectivity index (χ0n) is 34.7. The van der Waals surface area contributed by atoms with Gasteiger partial charge in [-0.2, -0.15) is 22.1 Å². The van der Waals surface area contributed by atoms with E-state index in [9.17, 15) is 13.2 Å². The highest BCUT2D eigenvalue weighted by Gasteiger charge is 2.30. The molecule has 2 aliphatic rings. The SMILES string of the molecule is CCOC(=O)c1c(CCCOc2cccc3ccccc23)c2cccc3c2n1C/C=C\COCc1c-3c(COc2ccc(N3CCN(S(=O)(=O)N(C)C)CC3)cc2)nn1C. The molecule has 0 atom stereocenters. The monoisotopic (exact) mass is 832 g/mol. The van der Waals surface area contributed by atoms with Gasteiger partial charge in [0.2, 0.25) is 0 Å². The van der Waals surface area contributed by atoms with E-state index in [2.05, 4.69) is 39.8 Å². The predicted octanol–water partition coefficient (Wildman–Crippen LogP) is 6.98. The highest BCUT2D eigenvalue weighted by atomic mass is 32.2. The Hall–Kier alpha value is -5.67. The number of piperazine rings is 1. The molecule has 2 aromatic heterocycles. The highest BCUT2D eigenvalue weighted by Crippen LogP contribution is 2.39. The summed E-state index contributed by atoms with van der Waals surface area (Å²) in [4.78, 5) is 16.1. The molecule has 314 valence electrons. The number of nitrogens with zero attached hydrogens (tertiary/aromatic N) is 6. The van der Waals surface area contributed by atoms with Crippen LogP contribution in [-0.2, 0) is 52.9 Å². The third-order valence-electron chi connectivity index (χ3n) is 11.3. The predicted molar refractivity (Wildman–Crippen MR) is 234 cm³/mol. The number of benzene rings is 4. The summed E-state index contributed by atoms with van der Waals surface area (Å²) in [5.41, 5.74) is 6.88. The first kappa shape index (κ1) is 41.1. The standard InChI is InChI=1S/C46H52N6O7S/c1-5-57-46(53)45-38(18-12-30-58-42-19-10-14-33-13-6-7-15-36(33)42)37-16-11-17-39-43-40(47-49(4)41(43)32-56-29-9-8-24-52(45)44(37)39)31-59-35-22-20-34(21-23-35)50-25-27-51(28-26-50)60(54,55)48(2)3/h6-11,13-17,19-23H,5,12,18,24-32H2,1-4H3/b9-8-. The maximum absolute atomic E-state index is 14.0. The molecule has 14 heteroatoms. The summed E-state index contributed by atoms with van der Waals surface area (Å²) in [7, 11) is 1.60. The van der Waals surface area contributed by atoms with Crippen LogP contribution in [0.3, 0.4) is 0 Å². The molecule has 0 N–H and O–H groups in total. The number of rotatable bonds is 13. The van der Waals surface area contributed by atoms with Crippen molar-refractivity contribution in [3.05, 3.63) is 120 Å². The number of carbonyl (C=O) groups excluding carboxylic acids is 1. The highest BCUT2D eigenvalue weighted by molar-refractivity contribution is 7.86. The Morgan fingerprint density at radius 3 is 2.42 bits per heavy atom. The zero-order valence-corrected chi connectivity index (χ0v) is 35.5. The molecule has 1 fully saturated rings. The average molecular weight is 833 g/mol. The Morgan fingerprint density at radius 2 is 1.63 bits per heavy atom. The molecule has 0 amide bonds. The van der Waals surface area contributed by atoms with Gasteiger partial charge in [-0.15, -0.1) is 0 Å². The molecule has 0 unspecified atom stereocenters. The van der Waals surface area contributed by atoms with Crippen LogP contribution in [0.15, 0.2) is 97.1 Å². The number of esters is 1. The summed E-state index contributed by atoms with van der Waals surface area (Å²) >= 11 is 0. The number of hydrogen-bond acceptors (Lipinski definition) is 9. The Kier molecular flexibility index (Phi) is 12.3. The minimum absolute atomic E-state index is 0.196. The number of hydrogen-bond donors (Lipinski definition) is 0. The number of aromatic nitrogens is 3. The van der Waals surface area contributed by atoms with Gasteiger partial charge in [0.25, 0.3) is 10.2 Å². The summed E-state index contributed by atoms with van der Waals surface area (Å²) in [5.74, 6) is 1.17. The lowest BCUT2D eigenvalue weighted by atomic mass is 9.98. The summed E-state index contributed by atoms with van der Waals surface area (Å²) in [5, 5.41) is 8.16. The van der Waals surface area contributed by atoms with E-state index in [1.165, 1.54) is 8.61 Å². The summed E-state index contributed by atoms with van der Waals surface area (Å²) in [6.45, 7) is 5.97. The Bertz CT molecular complexity index is 2620. The second kappa shape index (κ2) is 17.9. The average Bonchev–Trinajstić information content (AvgIpc) is 3.74. The van der Waals surface area contributed by atoms with Gasteiger partial charge in [0.1, 0.15) is 29.5 Å². The second-order valence-electron chi connectivity index (χ2n) is 15.1. The molecule has 2 aliphatic heterocycles. The van der Waals surface area contributed by atoms with Crippen molar-refractivity contribution in [2.75, 3.05) is 65.0 Å². The number of carbonyl (C=O) groups is 1. The van der Waals surface area contributed by atoms with Crippen molar-refractivity contribution in [3.63, 3.8) is 0 Å². The fourth-order valence-corrected chi connectivity index (χ4v) is 9.37. The van der Waals surface area contributed by atoms with Gasteiger partial charge in [0.15, 0.2) is 0 Å². The van der Waals surface area contributed by atoms with Crippen LogP contribution in [0.5, 0.6) is 11.5 Å². The van der Waals surface area contributed by atoms with Gasteiger partial charge in [-0.1, -0.05) is 66.7 Å². The van der Waals surface area contributed by atoms with Gasteiger partial charge in [-0.3, -0.25) is 4.68 Å². The van der Waals surface area contributed by atoms with Gasteiger partial charge in [0, 0.05) is 81.5 Å². The first-order valence-electron chi connectivity index (χ1n) is 20.5. The number of fused-ring (bicyclic) bond motifs is 3. The van der Waals surface area contributed by atoms with Crippen LogP contribution in [0.25, 0.3) is 32.8 Å². The molecule has 4 heterocycles. The van der Waals surface area contributed by atoms with Crippen molar-refractivity contribution >= 4 is 43.5 Å². The van der Waals surface area contributed by atoms with Crippen LogP contribution < -0.4 is 14.4 Å². The molecule has 0 radical (unpaired) electrons. The number of anilines is 1. The Balaban J connectivity index is 1.08. The number of aryl methyl sites for hydroxylation is 2. The fourth-order valence-electron chi connectivity index (χ4n) is 8.28. The van der Waals surface area contributed by atoms with E-state index in [0.29, 0.717) is 76.8 Å². The van der Waals surface area contributed by atoms with Crippen LogP contribution in [0.1, 0.15) is 40.8 Å². The molecular weight excluding hydrogens is 781 g/mol. The van der Waals surface area contributed by atoms with E-state index >= 15 is 0 Å². The number of ether oxygens (including phenoxy) is 4. The molecule has 0 spiro atoms. The lowest BCUT2D eigenvalue weighted by Gasteiger charge is -2.36. The largest absolute Gasteiger partial charge is 0.493 e. The van der Waals surface area contributed by atoms with Gasteiger partial charge in [-0.25, -0.2) is 4.79 Å². The first-order chi connectivity index (χ1) is 29.2. The van der Waals surface area contributed by atoms with Crippen molar-refractivity contribution in [3.8, 4) is 22.6 Å². The Morgan fingerprint density at radius 1 is 0.883 bits per heavy atom. The second-order valence-corrected chi connectivity index (χ2v) is 17.3. The number of allylic oxidation sites excluding steroid dienone is 1. The first-order valence-corrected chi connectivity index (χ1v) is 21.9. The van der Waals surface area contributed by atoms with E-state index in [1.807, 2.05) is 85.4 Å². The van der Waals surface area contributed by atoms with E-state index in [-0.39, 0.29) is 19.2 Å². The lowest BCUT2D eigenvalue weighted by molar-refractivity contribution is 0.0513. The summed E-state index contributed by atoms with van der Waals surface area (Å²) in [6.07, 6.45) is 5.32. The molecule has 4 aromatic carbocycles. The molecule has 0 saturated carbocycles. The topological polar surface area (TPSA) is 121 Å². The van der Waals surface area contributed by atoms with Crippen molar-refractivity contribution < 1.29 is 32.2 Å². The van der Waals surface area contributed by atoms with Crippen molar-refractivity contribution in [2.45, 2.75) is 39.5 Å². The molecular formula is C46H52N6O7S. The minimum atomic E-state index is -3.44. The van der Waals surface area contributed by atoms with Crippen molar-refractivity contribution in [1.82, 2.24) is 23.0 Å². The molecule has 13 nitrogen and oxygen atoms in total. The van der Waals surface area contributed by atoms with Crippen molar-refractivity contribution in [2.24, 2.45) is 7.05 Å². The van der Waals surface area contributed by atoms with Gasteiger partial charge in [-0.05, 0) is 61.0 Å². The fraction of sp³-hybridized carbons (Fsp3) is 0.348. The summed E-state index contributed by atoms with van der Waals surface area (Å²) in [6, 6.07) is 28.4. The van der Waals surface area contributed by atoms with Crippen LogP contribution in [0.4, 0.5) is 5.69 Å². The normalized spacial score (nSPS) is 15.5. The van der Waals surface area contributed by atoms with Crippen LogP contribution >= 0.6 is 0 Å².